The predicted molar refractivity (Wildman–Crippen MR) is 150 cm³/mol. The molecule has 0 spiro atoms. The molecule has 0 amide bonds. The maximum atomic E-state index is 13.0. The standard InChI is InChI=1S/C33H30O4/c1-2-3-4-6-15-27-19-29-28(24-12-7-5-8-13-24)20-33(35)37-32(29)21-31(27)36-22-30(34)26-17-16-23-11-9-10-14-25(23)18-26/h5,7-14,16-21H,2-4,6,15,22H2,1H3. The fourth-order valence-corrected chi connectivity index (χ4v) is 4.75. The lowest BCUT2D eigenvalue weighted by atomic mass is 9.98. The number of carbonyl (C=O) groups excluding carboxylic acids is 1. The topological polar surface area (TPSA) is 56.5 Å². The molecule has 0 aliphatic rings. The van der Waals surface area contributed by atoms with Gasteiger partial charge in [0.05, 0.1) is 0 Å². The van der Waals surface area contributed by atoms with Crippen LogP contribution >= 0.6 is 0 Å². The van der Waals surface area contributed by atoms with Gasteiger partial charge in [0.25, 0.3) is 0 Å². The van der Waals surface area contributed by atoms with Gasteiger partial charge in [0.2, 0.25) is 0 Å². The van der Waals surface area contributed by atoms with E-state index < -0.39 is 5.63 Å². The van der Waals surface area contributed by atoms with E-state index in [9.17, 15) is 9.59 Å². The number of hydrogen-bond acceptors (Lipinski definition) is 4. The molecule has 0 saturated heterocycles. The Morgan fingerprint density at radius 1 is 0.811 bits per heavy atom. The third-order valence-corrected chi connectivity index (χ3v) is 6.74. The first-order valence-electron chi connectivity index (χ1n) is 12.9. The largest absolute Gasteiger partial charge is 0.485 e. The van der Waals surface area contributed by atoms with E-state index in [2.05, 4.69) is 13.0 Å². The summed E-state index contributed by atoms with van der Waals surface area (Å²) in [4.78, 5) is 25.4. The lowest BCUT2D eigenvalue weighted by Crippen LogP contribution is -2.12. The highest BCUT2D eigenvalue weighted by atomic mass is 16.5. The monoisotopic (exact) mass is 490 g/mol. The summed E-state index contributed by atoms with van der Waals surface area (Å²) >= 11 is 0. The zero-order valence-corrected chi connectivity index (χ0v) is 21.0. The second-order valence-electron chi connectivity index (χ2n) is 9.39. The summed E-state index contributed by atoms with van der Waals surface area (Å²) < 4.78 is 11.7. The smallest absolute Gasteiger partial charge is 0.336 e. The molecule has 37 heavy (non-hydrogen) atoms. The quantitative estimate of drug-likeness (QED) is 0.113. The number of ether oxygens (including phenoxy) is 1. The number of Topliss-reactive ketones (excluding diaryl/α,β-unsaturated/α-hetero) is 1. The SMILES string of the molecule is CCCCCCc1cc2c(-c3ccccc3)cc(=O)oc2cc1OCC(=O)c1ccc2ccccc2c1. The molecule has 0 fully saturated rings. The maximum absolute atomic E-state index is 13.0. The summed E-state index contributed by atoms with van der Waals surface area (Å²) in [5.74, 6) is 0.494. The molecule has 1 aromatic heterocycles. The number of unbranched alkanes of at least 4 members (excludes halogenated alkanes) is 3. The van der Waals surface area contributed by atoms with Crippen LogP contribution in [-0.4, -0.2) is 12.4 Å². The van der Waals surface area contributed by atoms with Crippen LogP contribution in [0, 0.1) is 0 Å². The van der Waals surface area contributed by atoms with E-state index in [0.717, 1.165) is 58.5 Å². The van der Waals surface area contributed by atoms with Gasteiger partial charge >= 0.3 is 5.63 Å². The third kappa shape index (κ3) is 5.64. The van der Waals surface area contributed by atoms with Crippen LogP contribution in [0.3, 0.4) is 0 Å². The normalized spacial score (nSPS) is 11.2. The van der Waals surface area contributed by atoms with Gasteiger partial charge in [0, 0.05) is 23.1 Å². The maximum Gasteiger partial charge on any atom is 0.336 e. The zero-order chi connectivity index (χ0) is 25.6. The highest BCUT2D eigenvalue weighted by Crippen LogP contribution is 2.33. The van der Waals surface area contributed by atoms with Gasteiger partial charge in [-0.1, -0.05) is 92.9 Å². The number of hydrogen-bond donors (Lipinski definition) is 0. The molecule has 4 heteroatoms. The molecule has 0 bridgehead atoms. The second kappa shape index (κ2) is 11.3. The first-order valence-corrected chi connectivity index (χ1v) is 12.9. The van der Waals surface area contributed by atoms with E-state index in [1.807, 2.05) is 72.8 Å². The van der Waals surface area contributed by atoms with Gasteiger partial charge in [-0.2, -0.15) is 0 Å². The molecule has 0 saturated carbocycles. The number of rotatable bonds is 10. The lowest BCUT2D eigenvalue weighted by Gasteiger charge is -2.14. The molecule has 0 aliphatic heterocycles. The summed E-state index contributed by atoms with van der Waals surface area (Å²) in [5.41, 5.74) is 3.46. The molecule has 1 heterocycles. The fourth-order valence-electron chi connectivity index (χ4n) is 4.75. The molecular weight excluding hydrogens is 460 g/mol. The summed E-state index contributed by atoms with van der Waals surface area (Å²) in [7, 11) is 0. The van der Waals surface area contributed by atoms with Gasteiger partial charge in [-0.3, -0.25) is 4.79 Å². The molecule has 186 valence electrons. The van der Waals surface area contributed by atoms with Crippen molar-refractivity contribution in [2.24, 2.45) is 0 Å². The Balaban J connectivity index is 1.47. The van der Waals surface area contributed by atoms with Gasteiger partial charge in [0.1, 0.15) is 11.3 Å². The van der Waals surface area contributed by atoms with Crippen molar-refractivity contribution in [1.29, 1.82) is 0 Å². The van der Waals surface area contributed by atoms with E-state index >= 15 is 0 Å². The van der Waals surface area contributed by atoms with E-state index in [1.54, 1.807) is 12.1 Å². The number of carbonyl (C=O) groups is 1. The van der Waals surface area contributed by atoms with E-state index in [0.29, 0.717) is 16.9 Å². The first kappa shape index (κ1) is 24.5. The summed E-state index contributed by atoms with van der Waals surface area (Å²) in [5, 5.41) is 2.98. The van der Waals surface area contributed by atoms with Crippen molar-refractivity contribution in [3.8, 4) is 16.9 Å². The highest BCUT2D eigenvalue weighted by molar-refractivity contribution is 6.01. The lowest BCUT2D eigenvalue weighted by molar-refractivity contribution is 0.0921. The highest BCUT2D eigenvalue weighted by Gasteiger charge is 2.15. The molecule has 4 nitrogen and oxygen atoms in total. The molecule has 0 aliphatic carbocycles. The minimum absolute atomic E-state index is 0.0889. The van der Waals surface area contributed by atoms with Crippen LogP contribution in [0.4, 0.5) is 0 Å². The van der Waals surface area contributed by atoms with Crippen LogP contribution in [0.2, 0.25) is 0 Å². The molecule has 5 rings (SSSR count). The average Bonchev–Trinajstić information content (AvgIpc) is 2.93. The Morgan fingerprint density at radius 3 is 2.41 bits per heavy atom. The van der Waals surface area contributed by atoms with E-state index in [1.165, 1.54) is 6.42 Å². The van der Waals surface area contributed by atoms with Crippen molar-refractivity contribution in [3.63, 3.8) is 0 Å². The van der Waals surface area contributed by atoms with Crippen molar-refractivity contribution >= 4 is 27.5 Å². The van der Waals surface area contributed by atoms with Gasteiger partial charge < -0.3 is 9.15 Å². The number of ketones is 1. The van der Waals surface area contributed by atoms with E-state index in [-0.39, 0.29) is 12.4 Å². The van der Waals surface area contributed by atoms with Gasteiger partial charge in [-0.25, -0.2) is 4.79 Å². The van der Waals surface area contributed by atoms with Gasteiger partial charge in [-0.05, 0) is 52.4 Å². The number of benzene rings is 4. The van der Waals surface area contributed by atoms with Crippen molar-refractivity contribution in [2.75, 3.05) is 6.61 Å². The van der Waals surface area contributed by atoms with Gasteiger partial charge in [-0.15, -0.1) is 0 Å². The van der Waals surface area contributed by atoms with Crippen LogP contribution < -0.4 is 10.4 Å². The Morgan fingerprint density at radius 2 is 1.59 bits per heavy atom. The summed E-state index contributed by atoms with van der Waals surface area (Å²) in [6.07, 6.45) is 5.30. The molecule has 0 radical (unpaired) electrons. The predicted octanol–water partition coefficient (Wildman–Crippen LogP) is 8.00. The molecule has 0 atom stereocenters. The number of aryl methyl sites for hydroxylation is 1. The third-order valence-electron chi connectivity index (χ3n) is 6.74. The van der Waals surface area contributed by atoms with Crippen LogP contribution in [0.5, 0.6) is 5.75 Å². The fraction of sp³-hybridized carbons (Fsp3) is 0.212. The van der Waals surface area contributed by atoms with Crippen molar-refractivity contribution in [2.45, 2.75) is 39.0 Å². The Labute approximate surface area is 216 Å². The minimum atomic E-state index is -0.416. The second-order valence-corrected chi connectivity index (χ2v) is 9.39. The van der Waals surface area contributed by atoms with Crippen molar-refractivity contribution < 1.29 is 13.9 Å². The Hall–Kier alpha value is -4.18. The molecular formula is C33H30O4. The van der Waals surface area contributed by atoms with Crippen molar-refractivity contribution in [1.82, 2.24) is 0 Å². The summed E-state index contributed by atoms with van der Waals surface area (Å²) in [6, 6.07) is 28.9. The average molecular weight is 491 g/mol. The van der Waals surface area contributed by atoms with Crippen LogP contribution in [0.25, 0.3) is 32.9 Å². The minimum Gasteiger partial charge on any atom is -0.485 e. The van der Waals surface area contributed by atoms with Gasteiger partial charge in [0.15, 0.2) is 12.4 Å². The Kier molecular flexibility index (Phi) is 7.46. The number of fused-ring (bicyclic) bond motifs is 2. The Bertz CT molecular complexity index is 1600. The van der Waals surface area contributed by atoms with Crippen LogP contribution in [0.1, 0.15) is 48.5 Å². The van der Waals surface area contributed by atoms with Crippen LogP contribution in [-0.2, 0) is 6.42 Å². The molecule has 0 unspecified atom stereocenters. The molecule has 5 aromatic rings. The van der Waals surface area contributed by atoms with Crippen LogP contribution in [0.15, 0.2) is 100 Å². The molecule has 4 aromatic carbocycles. The summed E-state index contributed by atoms with van der Waals surface area (Å²) in [6.45, 7) is 2.10. The van der Waals surface area contributed by atoms with E-state index in [4.69, 9.17) is 9.15 Å². The first-order chi connectivity index (χ1) is 18.1. The van der Waals surface area contributed by atoms with Crippen molar-refractivity contribution in [3.05, 3.63) is 113 Å². The zero-order valence-electron chi connectivity index (χ0n) is 21.0. The molecule has 0 N–H and O–H groups in total.